The van der Waals surface area contributed by atoms with Gasteiger partial charge in [0.25, 0.3) is 0 Å². The van der Waals surface area contributed by atoms with Gasteiger partial charge in [-0.2, -0.15) is 0 Å². The van der Waals surface area contributed by atoms with Gasteiger partial charge in [-0.05, 0) is 37.2 Å². The molecule has 0 heterocycles. The van der Waals surface area contributed by atoms with E-state index in [1.54, 1.807) is 0 Å². The van der Waals surface area contributed by atoms with Gasteiger partial charge in [0.1, 0.15) is 0 Å². The summed E-state index contributed by atoms with van der Waals surface area (Å²) >= 11 is 0. The third-order valence-corrected chi connectivity index (χ3v) is 2.53. The number of hydrogen-bond donors (Lipinski definition) is 2. The van der Waals surface area contributed by atoms with E-state index in [1.165, 1.54) is 4.90 Å². The fraction of sp³-hybridized carbons (Fsp3) is 0.417. The minimum atomic E-state index is -0.448. The molecule has 1 aromatic carbocycles. The van der Waals surface area contributed by atoms with Crippen molar-refractivity contribution in [2.24, 2.45) is 11.5 Å². The van der Waals surface area contributed by atoms with Gasteiger partial charge in [-0.25, -0.2) is 4.79 Å². The van der Waals surface area contributed by atoms with Crippen LogP contribution in [-0.2, 0) is 0 Å². The first-order valence-corrected chi connectivity index (χ1v) is 5.60. The molecule has 0 unspecified atom stereocenters. The molecule has 0 aliphatic carbocycles. The molecule has 0 atom stereocenters. The summed E-state index contributed by atoms with van der Waals surface area (Å²) in [6.07, 6.45) is 0.734. The SMILES string of the molecule is CN(C)c1ccc(N(CCCN)C(N)=O)cc1. The van der Waals surface area contributed by atoms with Gasteiger partial charge in [0, 0.05) is 32.0 Å². The first-order chi connectivity index (χ1) is 8.06. The smallest absolute Gasteiger partial charge is 0.319 e. The predicted octanol–water partition coefficient (Wildman–Crippen LogP) is 0.986. The maximum atomic E-state index is 11.3. The number of primary amides is 1. The van der Waals surface area contributed by atoms with Gasteiger partial charge in [0.15, 0.2) is 0 Å². The Hall–Kier alpha value is -1.75. The second kappa shape index (κ2) is 6.10. The highest BCUT2D eigenvalue weighted by Crippen LogP contribution is 2.19. The molecular weight excluding hydrogens is 216 g/mol. The number of urea groups is 1. The summed E-state index contributed by atoms with van der Waals surface area (Å²) in [7, 11) is 3.94. The van der Waals surface area contributed by atoms with Gasteiger partial charge in [0.05, 0.1) is 0 Å². The van der Waals surface area contributed by atoms with Crippen LogP contribution in [0, 0.1) is 0 Å². The quantitative estimate of drug-likeness (QED) is 0.800. The Morgan fingerprint density at radius 3 is 2.12 bits per heavy atom. The Bertz CT molecular complexity index is 361. The molecule has 5 nitrogen and oxygen atoms in total. The second-order valence-electron chi connectivity index (χ2n) is 4.04. The van der Waals surface area contributed by atoms with E-state index in [2.05, 4.69) is 0 Å². The molecule has 2 amide bonds. The first-order valence-electron chi connectivity index (χ1n) is 5.60. The summed E-state index contributed by atoms with van der Waals surface area (Å²) in [4.78, 5) is 14.9. The fourth-order valence-electron chi connectivity index (χ4n) is 1.55. The van der Waals surface area contributed by atoms with Crippen LogP contribution in [0.3, 0.4) is 0 Å². The van der Waals surface area contributed by atoms with E-state index in [0.29, 0.717) is 13.1 Å². The van der Waals surface area contributed by atoms with Gasteiger partial charge < -0.3 is 16.4 Å². The van der Waals surface area contributed by atoms with Crippen LogP contribution < -0.4 is 21.3 Å². The van der Waals surface area contributed by atoms with Crippen LogP contribution in [0.5, 0.6) is 0 Å². The Labute approximate surface area is 102 Å². The largest absolute Gasteiger partial charge is 0.378 e. The van der Waals surface area contributed by atoms with Gasteiger partial charge in [-0.15, -0.1) is 0 Å². The summed E-state index contributed by atoms with van der Waals surface area (Å²) in [5.74, 6) is 0. The molecule has 0 saturated heterocycles. The van der Waals surface area contributed by atoms with Gasteiger partial charge in [-0.3, -0.25) is 4.90 Å². The molecule has 0 spiro atoms. The number of amides is 2. The molecule has 4 N–H and O–H groups in total. The van der Waals surface area contributed by atoms with Crippen LogP contribution in [0.2, 0.25) is 0 Å². The van der Waals surface area contributed by atoms with Crippen LogP contribution in [0.1, 0.15) is 6.42 Å². The summed E-state index contributed by atoms with van der Waals surface area (Å²) in [5, 5.41) is 0. The van der Waals surface area contributed by atoms with Crippen LogP contribution in [0.15, 0.2) is 24.3 Å². The van der Waals surface area contributed by atoms with Crippen molar-refractivity contribution >= 4 is 17.4 Å². The molecule has 0 aliphatic heterocycles. The highest BCUT2D eigenvalue weighted by atomic mass is 16.2. The van der Waals surface area contributed by atoms with Crippen molar-refractivity contribution in [2.45, 2.75) is 6.42 Å². The average molecular weight is 236 g/mol. The van der Waals surface area contributed by atoms with Crippen LogP contribution >= 0.6 is 0 Å². The van der Waals surface area contributed by atoms with Crippen molar-refractivity contribution in [1.82, 2.24) is 0 Å². The molecule has 0 fully saturated rings. The fourth-order valence-corrected chi connectivity index (χ4v) is 1.55. The molecule has 1 rings (SSSR count). The molecule has 0 radical (unpaired) electrons. The second-order valence-corrected chi connectivity index (χ2v) is 4.04. The van der Waals surface area contributed by atoms with Gasteiger partial charge in [0.2, 0.25) is 0 Å². The molecule has 0 saturated carbocycles. The van der Waals surface area contributed by atoms with Crippen molar-refractivity contribution in [2.75, 3.05) is 37.0 Å². The first kappa shape index (κ1) is 13.3. The van der Waals surface area contributed by atoms with E-state index in [1.807, 2.05) is 43.3 Å². The minimum absolute atomic E-state index is 0.448. The molecule has 94 valence electrons. The topological polar surface area (TPSA) is 75.6 Å². The van der Waals surface area contributed by atoms with Crippen molar-refractivity contribution in [3.8, 4) is 0 Å². The highest BCUT2D eigenvalue weighted by molar-refractivity contribution is 5.90. The van der Waals surface area contributed by atoms with E-state index in [0.717, 1.165) is 17.8 Å². The molecule has 0 aliphatic rings. The maximum Gasteiger partial charge on any atom is 0.319 e. The zero-order valence-electron chi connectivity index (χ0n) is 10.4. The number of carbonyl (C=O) groups excluding carboxylic acids is 1. The van der Waals surface area contributed by atoms with Crippen LogP contribution in [0.4, 0.5) is 16.2 Å². The number of nitrogens with two attached hydrogens (primary N) is 2. The summed E-state index contributed by atoms with van der Waals surface area (Å²) in [5.41, 5.74) is 12.7. The van der Waals surface area contributed by atoms with E-state index in [-0.39, 0.29) is 0 Å². The number of benzene rings is 1. The average Bonchev–Trinajstić information content (AvgIpc) is 2.29. The Kier molecular flexibility index (Phi) is 4.78. The van der Waals surface area contributed by atoms with Crippen molar-refractivity contribution in [3.63, 3.8) is 0 Å². The Balaban J connectivity index is 2.83. The predicted molar refractivity (Wildman–Crippen MR) is 71.4 cm³/mol. The summed E-state index contributed by atoms with van der Waals surface area (Å²) in [6, 6.07) is 7.23. The minimum Gasteiger partial charge on any atom is -0.378 e. The van der Waals surface area contributed by atoms with Crippen LogP contribution in [0.25, 0.3) is 0 Å². The lowest BCUT2D eigenvalue weighted by Crippen LogP contribution is -2.37. The van der Waals surface area contributed by atoms with E-state index >= 15 is 0 Å². The van der Waals surface area contributed by atoms with Crippen molar-refractivity contribution < 1.29 is 4.79 Å². The number of carbonyl (C=O) groups is 1. The Morgan fingerprint density at radius 1 is 1.18 bits per heavy atom. The standard InChI is InChI=1S/C12H20N4O/c1-15(2)10-4-6-11(7-5-10)16(12(14)17)9-3-8-13/h4-7H,3,8-9,13H2,1-2H3,(H2,14,17). The van der Waals surface area contributed by atoms with Gasteiger partial charge >= 0.3 is 6.03 Å². The lowest BCUT2D eigenvalue weighted by Gasteiger charge is -2.21. The monoisotopic (exact) mass is 236 g/mol. The van der Waals surface area contributed by atoms with Crippen molar-refractivity contribution in [1.29, 1.82) is 0 Å². The lowest BCUT2D eigenvalue weighted by molar-refractivity contribution is 0.254. The number of hydrogen-bond acceptors (Lipinski definition) is 3. The third kappa shape index (κ3) is 3.64. The molecule has 0 bridgehead atoms. The molecule has 17 heavy (non-hydrogen) atoms. The number of anilines is 2. The zero-order chi connectivity index (χ0) is 12.8. The van der Waals surface area contributed by atoms with E-state index in [4.69, 9.17) is 11.5 Å². The maximum absolute atomic E-state index is 11.3. The van der Waals surface area contributed by atoms with E-state index in [9.17, 15) is 4.79 Å². The summed E-state index contributed by atoms with van der Waals surface area (Å²) < 4.78 is 0. The molecule has 0 aromatic heterocycles. The van der Waals surface area contributed by atoms with Crippen LogP contribution in [-0.4, -0.2) is 33.2 Å². The summed E-state index contributed by atoms with van der Waals surface area (Å²) in [6.45, 7) is 1.09. The number of nitrogens with zero attached hydrogens (tertiary/aromatic N) is 2. The van der Waals surface area contributed by atoms with Gasteiger partial charge in [-0.1, -0.05) is 0 Å². The Morgan fingerprint density at radius 2 is 1.71 bits per heavy atom. The lowest BCUT2D eigenvalue weighted by atomic mass is 10.2. The van der Waals surface area contributed by atoms with E-state index < -0.39 is 6.03 Å². The third-order valence-electron chi connectivity index (χ3n) is 2.53. The zero-order valence-corrected chi connectivity index (χ0v) is 10.4. The molecule has 1 aromatic rings. The normalized spacial score (nSPS) is 10.1. The molecular formula is C12H20N4O. The number of rotatable bonds is 5. The van der Waals surface area contributed by atoms with Crippen molar-refractivity contribution in [3.05, 3.63) is 24.3 Å². The molecule has 5 heteroatoms. The highest BCUT2D eigenvalue weighted by Gasteiger charge is 2.11.